The van der Waals surface area contributed by atoms with Crippen LogP contribution in [0, 0.1) is 0 Å². The van der Waals surface area contributed by atoms with Crippen LogP contribution in [0.25, 0.3) is 0 Å². The fraction of sp³-hybridized carbons (Fsp3) is 0.444. The van der Waals surface area contributed by atoms with Crippen LogP contribution in [0.3, 0.4) is 0 Å². The Balaban J connectivity index is 1.65. The molecule has 0 amide bonds. The lowest BCUT2D eigenvalue weighted by atomic mass is 10.0. The zero-order valence-electron chi connectivity index (χ0n) is 14.6. The fourth-order valence-corrected chi connectivity index (χ4v) is 3.65. The number of aliphatic hydroxyl groups is 1. The summed E-state index contributed by atoms with van der Waals surface area (Å²) in [6, 6.07) is 10.3. The maximum atomic E-state index is 11.0. The standard InChI is InChI=1S/C18H24ClN5O/c1-20-15-16(19)21-13-22-17(15)23(2)11-18(25)8-9-24(12-18)10-14-6-4-3-5-7-14/h3-7,13,20,25H,8-12H2,1-2H3. The van der Waals surface area contributed by atoms with Crippen molar-refractivity contribution in [3.05, 3.63) is 47.4 Å². The molecule has 134 valence electrons. The minimum atomic E-state index is -0.772. The molecule has 0 aliphatic carbocycles. The molecule has 1 atom stereocenters. The maximum absolute atomic E-state index is 11.0. The van der Waals surface area contributed by atoms with Gasteiger partial charge in [0, 0.05) is 40.3 Å². The zero-order chi connectivity index (χ0) is 17.9. The number of β-amino-alcohol motifs (C(OH)–C–C–N with tert-alkyl or cyclic N) is 1. The molecule has 1 aliphatic heterocycles. The molecule has 2 heterocycles. The normalized spacial score (nSPS) is 20.6. The largest absolute Gasteiger partial charge is 0.387 e. The number of nitrogens with zero attached hydrogens (tertiary/aromatic N) is 4. The Morgan fingerprint density at radius 3 is 2.80 bits per heavy atom. The highest BCUT2D eigenvalue weighted by Crippen LogP contribution is 2.31. The third-order valence-electron chi connectivity index (χ3n) is 4.58. The molecule has 0 radical (unpaired) electrons. The van der Waals surface area contributed by atoms with Gasteiger partial charge in [-0.15, -0.1) is 0 Å². The highest BCUT2D eigenvalue weighted by molar-refractivity contribution is 6.32. The average Bonchev–Trinajstić information content (AvgIpc) is 2.96. The highest BCUT2D eigenvalue weighted by atomic mass is 35.5. The SMILES string of the molecule is CNc1c(Cl)ncnc1N(C)CC1(O)CCN(Cc2ccccc2)C1. The Morgan fingerprint density at radius 2 is 2.08 bits per heavy atom. The van der Waals surface area contributed by atoms with E-state index in [2.05, 4.69) is 32.3 Å². The van der Waals surface area contributed by atoms with Gasteiger partial charge in [-0.25, -0.2) is 9.97 Å². The van der Waals surface area contributed by atoms with Gasteiger partial charge in [0.1, 0.15) is 12.0 Å². The van der Waals surface area contributed by atoms with Crippen molar-refractivity contribution in [2.45, 2.75) is 18.6 Å². The second-order valence-electron chi connectivity index (χ2n) is 6.64. The molecule has 6 nitrogen and oxygen atoms in total. The molecule has 7 heteroatoms. The van der Waals surface area contributed by atoms with Gasteiger partial charge in [-0.05, 0) is 12.0 Å². The van der Waals surface area contributed by atoms with E-state index in [1.165, 1.54) is 11.9 Å². The van der Waals surface area contributed by atoms with E-state index >= 15 is 0 Å². The Hall–Kier alpha value is -1.89. The molecule has 0 bridgehead atoms. The van der Waals surface area contributed by atoms with Crippen LogP contribution in [-0.4, -0.2) is 59.3 Å². The number of nitrogens with one attached hydrogen (secondary N) is 1. The van der Waals surface area contributed by atoms with Crippen molar-refractivity contribution in [2.75, 3.05) is 43.9 Å². The molecule has 0 saturated carbocycles. The van der Waals surface area contributed by atoms with Crippen LogP contribution in [0.2, 0.25) is 5.15 Å². The summed E-state index contributed by atoms with van der Waals surface area (Å²) in [5.74, 6) is 0.692. The quantitative estimate of drug-likeness (QED) is 0.769. The van der Waals surface area contributed by atoms with Crippen molar-refractivity contribution in [1.82, 2.24) is 14.9 Å². The summed E-state index contributed by atoms with van der Waals surface area (Å²) >= 11 is 6.13. The summed E-state index contributed by atoms with van der Waals surface area (Å²) in [5, 5.41) is 14.4. The number of hydrogen-bond donors (Lipinski definition) is 2. The summed E-state index contributed by atoms with van der Waals surface area (Å²) in [6.07, 6.45) is 2.17. The summed E-state index contributed by atoms with van der Waals surface area (Å²) in [5.41, 5.74) is 1.17. The number of likely N-dealkylation sites (N-methyl/N-ethyl adjacent to an activating group) is 1. The van der Waals surface area contributed by atoms with Crippen LogP contribution in [0.5, 0.6) is 0 Å². The number of rotatable bonds is 6. The first-order valence-corrected chi connectivity index (χ1v) is 8.76. The Bertz CT molecular complexity index is 714. The van der Waals surface area contributed by atoms with Crippen molar-refractivity contribution < 1.29 is 5.11 Å². The molecule has 1 saturated heterocycles. The number of hydrogen-bond acceptors (Lipinski definition) is 6. The average molecular weight is 362 g/mol. The van der Waals surface area contributed by atoms with E-state index in [-0.39, 0.29) is 0 Å². The summed E-state index contributed by atoms with van der Waals surface area (Å²) in [6.45, 7) is 2.86. The van der Waals surface area contributed by atoms with Crippen molar-refractivity contribution in [1.29, 1.82) is 0 Å². The Kier molecular flexibility index (Phi) is 5.42. The van der Waals surface area contributed by atoms with E-state index in [9.17, 15) is 5.11 Å². The molecule has 1 unspecified atom stereocenters. The van der Waals surface area contributed by atoms with Crippen LogP contribution < -0.4 is 10.2 Å². The molecule has 1 fully saturated rings. The molecule has 0 spiro atoms. The Labute approximate surface area is 153 Å². The first kappa shape index (κ1) is 17.9. The number of benzene rings is 1. The molecular weight excluding hydrogens is 338 g/mol. The molecule has 1 aromatic heterocycles. The van der Waals surface area contributed by atoms with Gasteiger partial charge >= 0.3 is 0 Å². The summed E-state index contributed by atoms with van der Waals surface area (Å²) in [7, 11) is 3.70. The second-order valence-corrected chi connectivity index (χ2v) is 7.00. The van der Waals surface area contributed by atoms with Crippen LogP contribution in [-0.2, 0) is 6.54 Å². The monoisotopic (exact) mass is 361 g/mol. The fourth-order valence-electron chi connectivity index (χ4n) is 3.42. The number of aromatic nitrogens is 2. The summed E-state index contributed by atoms with van der Waals surface area (Å²) < 4.78 is 0. The minimum Gasteiger partial charge on any atom is -0.387 e. The van der Waals surface area contributed by atoms with Crippen molar-refractivity contribution in [3.63, 3.8) is 0 Å². The van der Waals surface area contributed by atoms with Gasteiger partial charge in [0.25, 0.3) is 0 Å². The lowest BCUT2D eigenvalue weighted by Gasteiger charge is -2.30. The van der Waals surface area contributed by atoms with Gasteiger partial charge in [-0.3, -0.25) is 4.90 Å². The number of halogens is 1. The van der Waals surface area contributed by atoms with Gasteiger partial charge in [0.15, 0.2) is 11.0 Å². The van der Waals surface area contributed by atoms with Gasteiger partial charge in [-0.1, -0.05) is 41.9 Å². The molecule has 2 aromatic rings. The molecular formula is C18H24ClN5O. The lowest BCUT2D eigenvalue weighted by Crippen LogP contribution is -2.44. The van der Waals surface area contributed by atoms with Crippen LogP contribution in [0.4, 0.5) is 11.5 Å². The first-order valence-electron chi connectivity index (χ1n) is 8.39. The third kappa shape index (κ3) is 4.21. The van der Waals surface area contributed by atoms with Gasteiger partial charge in [0.05, 0.1) is 5.60 Å². The topological polar surface area (TPSA) is 64.5 Å². The van der Waals surface area contributed by atoms with Crippen LogP contribution in [0.15, 0.2) is 36.7 Å². The predicted molar refractivity (Wildman–Crippen MR) is 101 cm³/mol. The zero-order valence-corrected chi connectivity index (χ0v) is 15.4. The molecule has 1 aromatic carbocycles. The highest BCUT2D eigenvalue weighted by Gasteiger charge is 2.37. The van der Waals surface area contributed by atoms with Crippen molar-refractivity contribution >= 4 is 23.1 Å². The number of likely N-dealkylation sites (tertiary alicyclic amines) is 1. The molecule has 1 aliphatic rings. The minimum absolute atomic E-state index is 0.378. The third-order valence-corrected chi connectivity index (χ3v) is 4.87. The Morgan fingerprint density at radius 1 is 1.32 bits per heavy atom. The van der Waals surface area contributed by atoms with Gasteiger partial charge < -0.3 is 15.3 Å². The van der Waals surface area contributed by atoms with E-state index in [1.54, 1.807) is 7.05 Å². The van der Waals surface area contributed by atoms with Gasteiger partial charge in [0.2, 0.25) is 0 Å². The predicted octanol–water partition coefficient (Wildman–Crippen LogP) is 2.24. The van der Waals surface area contributed by atoms with Crippen molar-refractivity contribution in [3.8, 4) is 0 Å². The van der Waals surface area contributed by atoms with E-state index in [4.69, 9.17) is 11.6 Å². The van der Waals surface area contributed by atoms with Gasteiger partial charge in [-0.2, -0.15) is 0 Å². The number of anilines is 2. The maximum Gasteiger partial charge on any atom is 0.157 e. The smallest absolute Gasteiger partial charge is 0.157 e. The lowest BCUT2D eigenvalue weighted by molar-refractivity contribution is 0.0561. The van der Waals surface area contributed by atoms with E-state index in [1.807, 2.05) is 30.1 Å². The van der Waals surface area contributed by atoms with E-state index in [0.29, 0.717) is 29.7 Å². The molecule has 3 rings (SSSR count). The van der Waals surface area contributed by atoms with Crippen LogP contribution >= 0.6 is 11.6 Å². The summed E-state index contributed by atoms with van der Waals surface area (Å²) in [4.78, 5) is 12.5. The van der Waals surface area contributed by atoms with Crippen molar-refractivity contribution in [2.24, 2.45) is 0 Å². The van der Waals surface area contributed by atoms with Crippen LogP contribution in [0.1, 0.15) is 12.0 Å². The molecule has 25 heavy (non-hydrogen) atoms. The van der Waals surface area contributed by atoms with E-state index < -0.39 is 5.60 Å². The first-order chi connectivity index (χ1) is 12.0. The second kappa shape index (κ2) is 7.56. The molecule has 2 N–H and O–H groups in total. The van der Waals surface area contributed by atoms with E-state index in [0.717, 1.165) is 19.5 Å².